The molecule has 0 spiro atoms. The van der Waals surface area contributed by atoms with Crippen LogP contribution in [0.5, 0.6) is 0 Å². The van der Waals surface area contributed by atoms with Crippen LogP contribution in [0.4, 0.5) is 0 Å². The molecular formula is C20H18N2O3S. The summed E-state index contributed by atoms with van der Waals surface area (Å²) in [5.74, 6) is -0.285. The van der Waals surface area contributed by atoms with E-state index in [1.54, 1.807) is 0 Å². The molecule has 0 fully saturated rings. The van der Waals surface area contributed by atoms with Crippen LogP contribution in [0, 0.1) is 0 Å². The summed E-state index contributed by atoms with van der Waals surface area (Å²) in [7, 11) is -3.19. The second-order valence-corrected chi connectivity index (χ2v) is 8.30. The Morgan fingerprint density at radius 3 is 2.54 bits per heavy atom. The standard InChI is InChI=1S/C20H18N2O3S/c23-20(21-17-10-11-26(24,25)14-17)13-22-18-9-5-4-8-16(18)12-19(22)15-6-2-1-3-7-15/h1-12,17H,13-14H2,(H,21,23)/t17-/m0/s1. The van der Waals surface area contributed by atoms with Gasteiger partial charge in [-0.1, -0.05) is 48.5 Å². The lowest BCUT2D eigenvalue weighted by Crippen LogP contribution is -2.37. The summed E-state index contributed by atoms with van der Waals surface area (Å²) in [6.45, 7) is 0.127. The van der Waals surface area contributed by atoms with Crippen molar-refractivity contribution in [2.45, 2.75) is 12.6 Å². The highest BCUT2D eigenvalue weighted by atomic mass is 32.2. The maximum atomic E-state index is 12.5. The number of hydrogen-bond acceptors (Lipinski definition) is 3. The van der Waals surface area contributed by atoms with Crippen LogP contribution in [0.25, 0.3) is 22.2 Å². The molecule has 0 saturated heterocycles. The van der Waals surface area contributed by atoms with E-state index in [9.17, 15) is 13.2 Å². The van der Waals surface area contributed by atoms with Gasteiger partial charge in [0.05, 0.1) is 11.8 Å². The number of aromatic nitrogens is 1. The van der Waals surface area contributed by atoms with Crippen molar-refractivity contribution in [3.8, 4) is 11.3 Å². The normalized spacial score (nSPS) is 18.2. The summed E-state index contributed by atoms with van der Waals surface area (Å²) in [5.41, 5.74) is 2.95. The van der Waals surface area contributed by atoms with Gasteiger partial charge in [-0.05, 0) is 23.8 Å². The molecule has 0 bridgehead atoms. The first-order valence-electron chi connectivity index (χ1n) is 8.36. The average molecular weight is 366 g/mol. The molecule has 1 aliphatic heterocycles. The Bertz CT molecular complexity index is 1100. The van der Waals surface area contributed by atoms with E-state index in [0.717, 1.165) is 22.2 Å². The molecule has 5 nitrogen and oxygen atoms in total. The Labute approximate surface area is 151 Å². The van der Waals surface area contributed by atoms with Gasteiger partial charge in [-0.25, -0.2) is 8.42 Å². The Morgan fingerprint density at radius 1 is 1.08 bits per heavy atom. The first kappa shape index (κ1) is 16.6. The van der Waals surface area contributed by atoms with Gasteiger partial charge in [-0.15, -0.1) is 0 Å². The molecule has 1 atom stereocenters. The summed E-state index contributed by atoms with van der Waals surface area (Å²) in [4.78, 5) is 12.5. The molecule has 4 rings (SSSR count). The minimum absolute atomic E-state index is 0.0727. The fourth-order valence-electron chi connectivity index (χ4n) is 3.29. The highest BCUT2D eigenvalue weighted by Gasteiger charge is 2.23. The molecule has 3 aromatic rings. The first-order chi connectivity index (χ1) is 12.5. The van der Waals surface area contributed by atoms with Gasteiger partial charge in [0.25, 0.3) is 0 Å². The molecule has 0 aliphatic carbocycles. The molecule has 132 valence electrons. The van der Waals surface area contributed by atoms with Crippen molar-refractivity contribution in [3.05, 3.63) is 72.1 Å². The number of nitrogens with one attached hydrogen (secondary N) is 1. The maximum absolute atomic E-state index is 12.5. The molecule has 1 amide bonds. The van der Waals surface area contributed by atoms with Crippen molar-refractivity contribution in [2.75, 3.05) is 5.75 Å². The van der Waals surface area contributed by atoms with Crippen molar-refractivity contribution < 1.29 is 13.2 Å². The summed E-state index contributed by atoms with van der Waals surface area (Å²) in [6.07, 6.45) is 1.53. The number of rotatable bonds is 4. The molecule has 6 heteroatoms. The van der Waals surface area contributed by atoms with Gasteiger partial charge in [-0.2, -0.15) is 0 Å². The zero-order chi connectivity index (χ0) is 18.1. The Balaban J connectivity index is 1.65. The first-order valence-corrected chi connectivity index (χ1v) is 10.1. The van der Waals surface area contributed by atoms with E-state index in [-0.39, 0.29) is 18.2 Å². The van der Waals surface area contributed by atoms with Crippen LogP contribution in [0.2, 0.25) is 0 Å². The van der Waals surface area contributed by atoms with Crippen molar-refractivity contribution in [1.29, 1.82) is 0 Å². The van der Waals surface area contributed by atoms with Crippen molar-refractivity contribution in [1.82, 2.24) is 9.88 Å². The molecule has 26 heavy (non-hydrogen) atoms. The monoisotopic (exact) mass is 366 g/mol. The second kappa shape index (κ2) is 6.46. The highest BCUT2D eigenvalue weighted by Crippen LogP contribution is 2.28. The zero-order valence-electron chi connectivity index (χ0n) is 14.0. The van der Waals surface area contributed by atoms with Crippen LogP contribution in [-0.4, -0.2) is 30.7 Å². The number of para-hydroxylation sites is 1. The summed E-state index contributed by atoms with van der Waals surface area (Å²) < 4.78 is 25.0. The third kappa shape index (κ3) is 3.28. The number of amides is 1. The summed E-state index contributed by atoms with van der Waals surface area (Å²) >= 11 is 0. The predicted molar refractivity (Wildman–Crippen MR) is 102 cm³/mol. The molecule has 1 N–H and O–H groups in total. The lowest BCUT2D eigenvalue weighted by atomic mass is 10.1. The van der Waals surface area contributed by atoms with E-state index < -0.39 is 15.9 Å². The van der Waals surface area contributed by atoms with Gasteiger partial charge >= 0.3 is 0 Å². The van der Waals surface area contributed by atoms with E-state index >= 15 is 0 Å². The summed E-state index contributed by atoms with van der Waals surface area (Å²) in [6, 6.07) is 19.4. The summed E-state index contributed by atoms with van der Waals surface area (Å²) in [5, 5.41) is 5.01. The molecule has 0 unspecified atom stereocenters. The Hall–Kier alpha value is -2.86. The smallest absolute Gasteiger partial charge is 0.240 e. The number of hydrogen-bond donors (Lipinski definition) is 1. The minimum atomic E-state index is -3.19. The van der Waals surface area contributed by atoms with Gasteiger partial charge in [0.1, 0.15) is 6.54 Å². The molecule has 0 saturated carbocycles. The van der Waals surface area contributed by atoms with Crippen molar-refractivity contribution in [2.24, 2.45) is 0 Å². The topological polar surface area (TPSA) is 68.2 Å². The quantitative estimate of drug-likeness (QED) is 0.772. The molecule has 2 aromatic carbocycles. The van der Waals surface area contributed by atoms with Gasteiger partial charge in [0, 0.05) is 22.0 Å². The van der Waals surface area contributed by atoms with E-state index in [0.29, 0.717) is 0 Å². The predicted octanol–water partition coefficient (Wildman–Crippen LogP) is 2.74. The van der Waals surface area contributed by atoms with Crippen LogP contribution in [0.1, 0.15) is 0 Å². The number of sulfone groups is 1. The molecule has 1 aromatic heterocycles. The largest absolute Gasteiger partial charge is 0.347 e. The fraction of sp³-hybridized carbons (Fsp3) is 0.150. The fourth-order valence-corrected chi connectivity index (χ4v) is 4.53. The number of nitrogens with zero attached hydrogens (tertiary/aromatic N) is 1. The maximum Gasteiger partial charge on any atom is 0.240 e. The number of benzene rings is 2. The van der Waals surface area contributed by atoms with Crippen molar-refractivity contribution >= 4 is 26.6 Å². The van der Waals surface area contributed by atoms with Gasteiger partial charge < -0.3 is 9.88 Å². The van der Waals surface area contributed by atoms with Crippen molar-refractivity contribution in [3.63, 3.8) is 0 Å². The van der Waals surface area contributed by atoms with E-state index in [2.05, 4.69) is 11.4 Å². The number of carbonyl (C=O) groups excluding carboxylic acids is 1. The molecular weight excluding hydrogens is 348 g/mol. The Morgan fingerprint density at radius 2 is 1.81 bits per heavy atom. The number of fused-ring (bicyclic) bond motifs is 1. The minimum Gasteiger partial charge on any atom is -0.347 e. The van der Waals surface area contributed by atoms with Crippen LogP contribution in [0.15, 0.2) is 72.1 Å². The van der Waals surface area contributed by atoms with Gasteiger partial charge in [0.15, 0.2) is 9.84 Å². The highest BCUT2D eigenvalue weighted by molar-refractivity contribution is 7.94. The molecule has 0 radical (unpaired) electrons. The van der Waals surface area contributed by atoms with Gasteiger partial charge in [-0.3, -0.25) is 4.79 Å². The molecule has 2 heterocycles. The second-order valence-electron chi connectivity index (χ2n) is 6.37. The average Bonchev–Trinajstić information content (AvgIpc) is 3.16. The van der Waals surface area contributed by atoms with Crippen LogP contribution in [-0.2, 0) is 21.2 Å². The van der Waals surface area contributed by atoms with Crippen LogP contribution < -0.4 is 5.32 Å². The lowest BCUT2D eigenvalue weighted by Gasteiger charge is -2.14. The van der Waals surface area contributed by atoms with E-state index in [1.165, 1.54) is 11.5 Å². The SMILES string of the molecule is O=C(Cn1c(-c2ccccc2)cc2ccccc21)N[C@H]1C=CS(=O)(=O)C1. The Kier molecular flexibility index (Phi) is 4.12. The third-order valence-corrected chi connectivity index (χ3v) is 5.85. The zero-order valence-corrected chi connectivity index (χ0v) is 14.8. The van der Waals surface area contributed by atoms with Crippen LogP contribution >= 0.6 is 0 Å². The van der Waals surface area contributed by atoms with E-state index in [4.69, 9.17) is 0 Å². The lowest BCUT2D eigenvalue weighted by molar-refractivity contribution is -0.121. The third-order valence-electron chi connectivity index (χ3n) is 4.46. The number of carbonyl (C=O) groups is 1. The van der Waals surface area contributed by atoms with Gasteiger partial charge in [0.2, 0.25) is 5.91 Å². The van der Waals surface area contributed by atoms with E-state index in [1.807, 2.05) is 59.2 Å². The molecule has 1 aliphatic rings. The van der Waals surface area contributed by atoms with Crippen LogP contribution in [0.3, 0.4) is 0 Å².